The van der Waals surface area contributed by atoms with Crippen molar-refractivity contribution >= 4 is 23.2 Å². The maximum absolute atomic E-state index is 12.3. The van der Waals surface area contributed by atoms with E-state index in [0.29, 0.717) is 5.75 Å². The molecule has 2 aliphatic rings. The molecule has 5 heteroatoms. The van der Waals surface area contributed by atoms with Crippen LogP contribution in [0.4, 0.5) is 11.4 Å². The van der Waals surface area contributed by atoms with Crippen LogP contribution in [-0.2, 0) is 16.0 Å². The minimum Gasteiger partial charge on any atom is -0.484 e. The lowest BCUT2D eigenvalue weighted by molar-refractivity contribution is -0.120. The molecule has 0 spiro atoms. The standard InChI is InChI=1S/C20H20N2O3/c23-19(13-25-17-4-2-1-3-5-17)21-16-8-9-18-15(12-16)10-11-22(18)20(24)14-6-7-14/h1-5,8-9,12,14H,6-7,10-11,13H2,(H,21,23). The van der Waals surface area contributed by atoms with Gasteiger partial charge in [0.25, 0.3) is 5.91 Å². The lowest BCUT2D eigenvalue weighted by atomic mass is 10.1. The van der Waals surface area contributed by atoms with Crippen molar-refractivity contribution in [3.63, 3.8) is 0 Å². The normalized spacial score (nSPS) is 15.6. The van der Waals surface area contributed by atoms with Crippen molar-refractivity contribution in [2.75, 3.05) is 23.4 Å². The van der Waals surface area contributed by atoms with Gasteiger partial charge in [0.05, 0.1) is 0 Å². The zero-order chi connectivity index (χ0) is 17.2. The summed E-state index contributed by atoms with van der Waals surface area (Å²) in [5.74, 6) is 0.931. The zero-order valence-corrected chi connectivity index (χ0v) is 13.9. The number of amides is 2. The van der Waals surface area contributed by atoms with Crippen LogP contribution in [0.3, 0.4) is 0 Å². The van der Waals surface area contributed by atoms with Crippen LogP contribution in [0.5, 0.6) is 5.75 Å². The molecule has 1 aliphatic heterocycles. The zero-order valence-electron chi connectivity index (χ0n) is 13.9. The number of hydrogen-bond donors (Lipinski definition) is 1. The van der Waals surface area contributed by atoms with Crippen LogP contribution in [0.1, 0.15) is 18.4 Å². The molecule has 1 N–H and O–H groups in total. The summed E-state index contributed by atoms with van der Waals surface area (Å²) in [6.07, 6.45) is 2.86. The lowest BCUT2D eigenvalue weighted by Gasteiger charge is -2.17. The summed E-state index contributed by atoms with van der Waals surface area (Å²) < 4.78 is 5.45. The molecule has 0 bridgehead atoms. The minimum atomic E-state index is -0.201. The molecule has 2 aromatic carbocycles. The first kappa shape index (κ1) is 15.7. The van der Waals surface area contributed by atoms with E-state index in [0.717, 1.165) is 42.7 Å². The van der Waals surface area contributed by atoms with E-state index in [4.69, 9.17) is 4.74 Å². The molecule has 4 rings (SSSR count). The van der Waals surface area contributed by atoms with Crippen LogP contribution >= 0.6 is 0 Å². The van der Waals surface area contributed by atoms with E-state index in [-0.39, 0.29) is 24.3 Å². The van der Waals surface area contributed by atoms with Gasteiger partial charge in [0.1, 0.15) is 5.75 Å². The number of anilines is 2. The smallest absolute Gasteiger partial charge is 0.262 e. The van der Waals surface area contributed by atoms with Crippen LogP contribution in [-0.4, -0.2) is 25.0 Å². The summed E-state index contributed by atoms with van der Waals surface area (Å²) >= 11 is 0. The molecule has 2 amide bonds. The van der Waals surface area contributed by atoms with Gasteiger partial charge in [0.2, 0.25) is 5.91 Å². The molecule has 1 aliphatic carbocycles. The third-order valence-corrected chi connectivity index (χ3v) is 4.56. The van der Waals surface area contributed by atoms with E-state index in [1.807, 2.05) is 53.4 Å². The molecular formula is C20H20N2O3. The van der Waals surface area contributed by atoms with E-state index in [1.54, 1.807) is 0 Å². The van der Waals surface area contributed by atoms with Gasteiger partial charge in [-0.15, -0.1) is 0 Å². The van der Waals surface area contributed by atoms with E-state index in [1.165, 1.54) is 0 Å². The van der Waals surface area contributed by atoms with E-state index in [9.17, 15) is 9.59 Å². The van der Waals surface area contributed by atoms with Gasteiger partial charge in [-0.1, -0.05) is 18.2 Å². The maximum atomic E-state index is 12.3. The fourth-order valence-corrected chi connectivity index (χ4v) is 3.12. The number of carbonyl (C=O) groups excluding carboxylic acids is 2. The number of nitrogens with zero attached hydrogens (tertiary/aromatic N) is 1. The number of nitrogens with one attached hydrogen (secondary N) is 1. The number of ether oxygens (including phenoxy) is 1. The summed E-state index contributed by atoms with van der Waals surface area (Å²) in [5.41, 5.74) is 2.83. The Kier molecular flexibility index (Phi) is 4.14. The summed E-state index contributed by atoms with van der Waals surface area (Å²) in [7, 11) is 0. The maximum Gasteiger partial charge on any atom is 0.262 e. The predicted molar refractivity (Wildman–Crippen MR) is 95.8 cm³/mol. The fourth-order valence-electron chi connectivity index (χ4n) is 3.12. The molecular weight excluding hydrogens is 316 g/mol. The highest BCUT2D eigenvalue weighted by atomic mass is 16.5. The second-order valence-electron chi connectivity index (χ2n) is 6.51. The Labute approximate surface area is 146 Å². The number of hydrogen-bond acceptors (Lipinski definition) is 3. The van der Waals surface area contributed by atoms with Crippen molar-refractivity contribution < 1.29 is 14.3 Å². The largest absolute Gasteiger partial charge is 0.484 e. The predicted octanol–water partition coefficient (Wildman–Crippen LogP) is 3.00. The van der Waals surface area contributed by atoms with Crippen molar-refractivity contribution in [1.82, 2.24) is 0 Å². The highest BCUT2D eigenvalue weighted by Gasteiger charge is 2.36. The summed E-state index contributed by atoms with van der Waals surface area (Å²) in [6, 6.07) is 15.0. The Morgan fingerprint density at radius 1 is 1.12 bits per heavy atom. The molecule has 0 atom stereocenters. The van der Waals surface area contributed by atoms with Crippen molar-refractivity contribution in [2.45, 2.75) is 19.3 Å². The second-order valence-corrected chi connectivity index (χ2v) is 6.51. The molecule has 0 radical (unpaired) electrons. The Morgan fingerprint density at radius 3 is 2.68 bits per heavy atom. The first-order valence-corrected chi connectivity index (χ1v) is 8.63. The number of carbonyl (C=O) groups is 2. The van der Waals surface area contributed by atoms with Crippen molar-refractivity contribution in [1.29, 1.82) is 0 Å². The number of benzene rings is 2. The third-order valence-electron chi connectivity index (χ3n) is 4.56. The van der Waals surface area contributed by atoms with Gasteiger partial charge in [-0.3, -0.25) is 9.59 Å². The summed E-state index contributed by atoms with van der Waals surface area (Å²) in [6.45, 7) is 0.701. The molecule has 1 saturated carbocycles. The molecule has 2 aromatic rings. The molecule has 0 unspecified atom stereocenters. The molecule has 0 aromatic heterocycles. The van der Waals surface area contributed by atoms with Gasteiger partial charge < -0.3 is 15.0 Å². The molecule has 25 heavy (non-hydrogen) atoms. The topological polar surface area (TPSA) is 58.6 Å². The first-order valence-electron chi connectivity index (χ1n) is 8.63. The highest BCUT2D eigenvalue weighted by Crippen LogP contribution is 2.37. The molecule has 0 saturated heterocycles. The van der Waals surface area contributed by atoms with Crippen molar-refractivity contribution in [3.8, 4) is 5.75 Å². The quantitative estimate of drug-likeness (QED) is 0.913. The van der Waals surface area contributed by atoms with Gasteiger partial charge in [-0.25, -0.2) is 0 Å². The van der Waals surface area contributed by atoms with Gasteiger partial charge >= 0.3 is 0 Å². The first-order chi connectivity index (χ1) is 12.2. The van der Waals surface area contributed by atoms with E-state index >= 15 is 0 Å². The van der Waals surface area contributed by atoms with Crippen LogP contribution in [0, 0.1) is 5.92 Å². The molecule has 1 fully saturated rings. The Balaban J connectivity index is 1.37. The van der Waals surface area contributed by atoms with E-state index in [2.05, 4.69) is 5.32 Å². The second kappa shape index (κ2) is 6.59. The van der Waals surface area contributed by atoms with Crippen molar-refractivity contribution in [3.05, 3.63) is 54.1 Å². The Morgan fingerprint density at radius 2 is 1.92 bits per heavy atom. The molecule has 5 nitrogen and oxygen atoms in total. The SMILES string of the molecule is O=C(COc1ccccc1)Nc1ccc2c(c1)CCN2C(=O)C1CC1. The summed E-state index contributed by atoms with van der Waals surface area (Å²) in [5, 5.41) is 2.85. The van der Waals surface area contributed by atoms with Crippen LogP contribution in [0.25, 0.3) is 0 Å². The fraction of sp³-hybridized carbons (Fsp3) is 0.300. The number of rotatable bonds is 5. The Bertz CT molecular complexity index is 800. The van der Waals surface area contributed by atoms with E-state index < -0.39 is 0 Å². The lowest BCUT2D eigenvalue weighted by Crippen LogP contribution is -2.30. The molecule has 1 heterocycles. The third kappa shape index (κ3) is 3.50. The monoisotopic (exact) mass is 336 g/mol. The van der Waals surface area contributed by atoms with Crippen LogP contribution in [0.2, 0.25) is 0 Å². The average Bonchev–Trinajstić information content (AvgIpc) is 3.40. The van der Waals surface area contributed by atoms with Gasteiger partial charge in [-0.2, -0.15) is 0 Å². The van der Waals surface area contributed by atoms with Gasteiger partial charge in [0, 0.05) is 23.8 Å². The minimum absolute atomic E-state index is 0.0343. The molecule has 128 valence electrons. The highest BCUT2D eigenvalue weighted by molar-refractivity contribution is 5.99. The van der Waals surface area contributed by atoms with Gasteiger partial charge in [-0.05, 0) is 55.2 Å². The Hall–Kier alpha value is -2.82. The van der Waals surface area contributed by atoms with Gasteiger partial charge in [0.15, 0.2) is 6.61 Å². The summed E-state index contributed by atoms with van der Waals surface area (Å²) in [4.78, 5) is 26.2. The number of fused-ring (bicyclic) bond motifs is 1. The number of para-hydroxylation sites is 1. The van der Waals surface area contributed by atoms with Crippen molar-refractivity contribution in [2.24, 2.45) is 5.92 Å². The van der Waals surface area contributed by atoms with Crippen LogP contribution < -0.4 is 15.0 Å². The average molecular weight is 336 g/mol. The van der Waals surface area contributed by atoms with Crippen LogP contribution in [0.15, 0.2) is 48.5 Å².